The number of nitrogens with one attached hydrogen (secondary N) is 2. The topological polar surface area (TPSA) is 79.2 Å². The molecular weight excluding hydrogens is 352 g/mol. The van der Waals surface area contributed by atoms with E-state index < -0.39 is 0 Å². The van der Waals surface area contributed by atoms with Crippen molar-refractivity contribution in [3.05, 3.63) is 48.2 Å². The zero-order chi connectivity index (χ0) is 19.9. The molecule has 0 unspecified atom stereocenters. The summed E-state index contributed by atoms with van der Waals surface area (Å²) in [4.78, 5) is 4.38. The number of hydrogen-bond acceptors (Lipinski definition) is 6. The van der Waals surface area contributed by atoms with Crippen LogP contribution in [0.5, 0.6) is 11.5 Å². The Balaban J connectivity index is 2.05. The van der Waals surface area contributed by atoms with Gasteiger partial charge >= 0.3 is 0 Å². The smallest absolute Gasteiger partial charge is 0.162 e. The largest absolute Gasteiger partial charge is 0.493 e. The number of fused-ring (bicyclic) bond motifs is 1. The van der Waals surface area contributed by atoms with Crippen LogP contribution < -0.4 is 20.1 Å². The van der Waals surface area contributed by atoms with Gasteiger partial charge in [-0.3, -0.25) is 4.98 Å². The number of nitrogens with zero attached hydrogens (tertiary/aromatic N) is 2. The molecule has 0 fully saturated rings. The number of hydrogen-bond donors (Lipinski definition) is 2. The fraction of sp³-hybridized carbons (Fsp3) is 0.182. The highest BCUT2D eigenvalue weighted by Gasteiger charge is 2.14. The van der Waals surface area contributed by atoms with Crippen LogP contribution >= 0.6 is 0 Å². The molecule has 1 aromatic heterocycles. The number of nitriles is 1. The first-order valence-corrected chi connectivity index (χ1v) is 8.65. The lowest BCUT2D eigenvalue weighted by Crippen LogP contribution is -2.01. The van der Waals surface area contributed by atoms with E-state index in [0.29, 0.717) is 34.8 Å². The molecule has 3 aromatic rings. The summed E-state index contributed by atoms with van der Waals surface area (Å²) >= 11 is 0. The van der Waals surface area contributed by atoms with Gasteiger partial charge in [0.15, 0.2) is 11.5 Å². The third-order valence-electron chi connectivity index (χ3n) is 4.18. The standard InChI is InChI=1S/C22H20N4O2/c1-4-5-9-24-16-7-6-8-17(10-16)26-22-15(13-23)14-25-19-12-21(28-3)20(27-2)11-18(19)22/h6-8,10-12,14,24H,9H2,1-3H3,(H,25,26). The Labute approximate surface area is 164 Å². The van der Waals surface area contributed by atoms with Crippen molar-refractivity contribution in [2.75, 3.05) is 31.4 Å². The van der Waals surface area contributed by atoms with Crippen LogP contribution in [0.4, 0.5) is 17.1 Å². The molecule has 0 amide bonds. The Kier molecular flexibility index (Phi) is 5.84. The molecule has 0 atom stereocenters. The molecule has 0 saturated heterocycles. The van der Waals surface area contributed by atoms with Crippen molar-refractivity contribution in [3.8, 4) is 29.4 Å². The lowest BCUT2D eigenvalue weighted by molar-refractivity contribution is 0.356. The van der Waals surface area contributed by atoms with E-state index in [4.69, 9.17) is 9.47 Å². The van der Waals surface area contributed by atoms with E-state index in [2.05, 4.69) is 33.5 Å². The predicted octanol–water partition coefficient (Wildman–Crippen LogP) is 4.30. The predicted molar refractivity (Wildman–Crippen MR) is 111 cm³/mol. The van der Waals surface area contributed by atoms with Crippen molar-refractivity contribution in [1.82, 2.24) is 4.98 Å². The maximum atomic E-state index is 9.57. The number of rotatable bonds is 6. The van der Waals surface area contributed by atoms with Crippen molar-refractivity contribution in [2.24, 2.45) is 0 Å². The van der Waals surface area contributed by atoms with Gasteiger partial charge in [0.1, 0.15) is 6.07 Å². The number of methoxy groups -OCH3 is 2. The summed E-state index contributed by atoms with van der Waals surface area (Å²) < 4.78 is 10.8. The lowest BCUT2D eigenvalue weighted by Gasteiger charge is -2.15. The number of ether oxygens (including phenoxy) is 2. The van der Waals surface area contributed by atoms with Gasteiger partial charge in [-0.05, 0) is 31.2 Å². The van der Waals surface area contributed by atoms with E-state index in [1.165, 1.54) is 0 Å². The first kappa shape index (κ1) is 18.9. The van der Waals surface area contributed by atoms with Crippen LogP contribution in [0.15, 0.2) is 42.6 Å². The Hall–Kier alpha value is -3.90. The summed E-state index contributed by atoms with van der Waals surface area (Å²) in [5, 5.41) is 16.9. The van der Waals surface area contributed by atoms with Gasteiger partial charge in [-0.25, -0.2) is 0 Å². The zero-order valence-electron chi connectivity index (χ0n) is 16.0. The fourth-order valence-electron chi connectivity index (χ4n) is 2.82. The third kappa shape index (κ3) is 3.92. The van der Waals surface area contributed by atoms with Gasteiger partial charge in [-0.2, -0.15) is 5.26 Å². The van der Waals surface area contributed by atoms with E-state index in [1.807, 2.05) is 30.3 Å². The average molecular weight is 372 g/mol. The van der Waals surface area contributed by atoms with Crippen molar-refractivity contribution < 1.29 is 9.47 Å². The average Bonchev–Trinajstić information content (AvgIpc) is 2.73. The van der Waals surface area contributed by atoms with Crippen molar-refractivity contribution in [1.29, 1.82) is 5.26 Å². The van der Waals surface area contributed by atoms with Gasteiger partial charge in [-0.1, -0.05) is 12.0 Å². The fourth-order valence-corrected chi connectivity index (χ4v) is 2.82. The minimum Gasteiger partial charge on any atom is -0.493 e. The van der Waals surface area contributed by atoms with E-state index in [-0.39, 0.29) is 0 Å². The number of aromatic nitrogens is 1. The zero-order valence-corrected chi connectivity index (χ0v) is 16.0. The Bertz CT molecular complexity index is 1110. The molecule has 0 saturated carbocycles. The monoisotopic (exact) mass is 372 g/mol. The molecule has 0 radical (unpaired) electrons. The maximum absolute atomic E-state index is 9.57. The lowest BCUT2D eigenvalue weighted by atomic mass is 10.1. The molecule has 0 aliphatic heterocycles. The molecule has 0 aliphatic carbocycles. The van der Waals surface area contributed by atoms with Crippen LogP contribution in [-0.4, -0.2) is 25.7 Å². The highest BCUT2D eigenvalue weighted by atomic mass is 16.5. The molecule has 1 heterocycles. The third-order valence-corrected chi connectivity index (χ3v) is 4.18. The summed E-state index contributed by atoms with van der Waals surface area (Å²) in [5.74, 6) is 6.99. The van der Waals surface area contributed by atoms with Crippen LogP contribution in [0.1, 0.15) is 12.5 Å². The highest BCUT2D eigenvalue weighted by molar-refractivity contribution is 5.97. The Morgan fingerprint density at radius 2 is 1.82 bits per heavy atom. The van der Waals surface area contributed by atoms with Crippen molar-refractivity contribution in [3.63, 3.8) is 0 Å². The summed E-state index contributed by atoms with van der Waals surface area (Å²) in [6.07, 6.45) is 1.55. The number of anilines is 3. The minimum atomic E-state index is 0.440. The van der Waals surface area contributed by atoms with Gasteiger partial charge in [0, 0.05) is 29.0 Å². The molecular formula is C22H20N4O2. The number of benzene rings is 2. The summed E-state index contributed by atoms with van der Waals surface area (Å²) in [7, 11) is 3.15. The summed E-state index contributed by atoms with van der Waals surface area (Å²) in [6, 6.07) is 13.6. The summed E-state index contributed by atoms with van der Waals surface area (Å²) in [6.45, 7) is 2.37. The molecule has 0 bridgehead atoms. The van der Waals surface area contributed by atoms with Gasteiger partial charge in [0.05, 0.1) is 37.5 Å². The normalized spacial score (nSPS) is 9.79. The van der Waals surface area contributed by atoms with Crippen LogP contribution in [0.25, 0.3) is 10.9 Å². The molecule has 140 valence electrons. The molecule has 3 rings (SSSR count). The highest BCUT2D eigenvalue weighted by Crippen LogP contribution is 2.37. The first-order chi connectivity index (χ1) is 13.7. The molecule has 6 heteroatoms. The van der Waals surface area contributed by atoms with E-state index in [9.17, 15) is 5.26 Å². The SMILES string of the molecule is CC#CCNc1cccc(Nc2c(C#N)cnc3cc(OC)c(OC)cc23)c1. The summed E-state index contributed by atoms with van der Waals surface area (Å²) in [5.41, 5.74) is 3.58. The second kappa shape index (κ2) is 8.66. The van der Waals surface area contributed by atoms with Gasteiger partial charge in [0.25, 0.3) is 0 Å². The molecule has 0 spiro atoms. The van der Waals surface area contributed by atoms with Crippen LogP contribution in [0.2, 0.25) is 0 Å². The minimum absolute atomic E-state index is 0.440. The molecule has 2 aromatic carbocycles. The van der Waals surface area contributed by atoms with E-state index >= 15 is 0 Å². The first-order valence-electron chi connectivity index (χ1n) is 8.65. The maximum Gasteiger partial charge on any atom is 0.162 e. The van der Waals surface area contributed by atoms with E-state index in [1.54, 1.807) is 33.4 Å². The van der Waals surface area contributed by atoms with Crippen molar-refractivity contribution >= 4 is 28.0 Å². The number of pyridine rings is 1. The van der Waals surface area contributed by atoms with Crippen LogP contribution in [0.3, 0.4) is 0 Å². The van der Waals surface area contributed by atoms with Gasteiger partial charge in [0.2, 0.25) is 0 Å². The second-order valence-corrected chi connectivity index (χ2v) is 5.87. The van der Waals surface area contributed by atoms with Gasteiger partial charge < -0.3 is 20.1 Å². The molecule has 28 heavy (non-hydrogen) atoms. The Morgan fingerprint density at radius 3 is 2.54 bits per heavy atom. The Morgan fingerprint density at radius 1 is 1.07 bits per heavy atom. The van der Waals surface area contributed by atoms with Crippen LogP contribution in [-0.2, 0) is 0 Å². The quantitative estimate of drug-likeness (QED) is 0.628. The molecule has 6 nitrogen and oxygen atoms in total. The second-order valence-electron chi connectivity index (χ2n) is 5.87. The van der Waals surface area contributed by atoms with Gasteiger partial charge in [-0.15, -0.1) is 5.92 Å². The van der Waals surface area contributed by atoms with Crippen molar-refractivity contribution in [2.45, 2.75) is 6.92 Å². The van der Waals surface area contributed by atoms with Crippen LogP contribution in [0, 0.1) is 23.2 Å². The van der Waals surface area contributed by atoms with E-state index in [0.717, 1.165) is 16.8 Å². The molecule has 0 aliphatic rings. The molecule has 2 N–H and O–H groups in total.